The van der Waals surface area contributed by atoms with Crippen LogP contribution in [-0.2, 0) is 4.79 Å². The molecule has 3 nitrogen and oxygen atoms in total. The summed E-state index contributed by atoms with van der Waals surface area (Å²) in [4.78, 5) is 24.8. The highest BCUT2D eigenvalue weighted by Crippen LogP contribution is 2.38. The van der Waals surface area contributed by atoms with Gasteiger partial charge in [-0.05, 0) is 67.3 Å². The third-order valence-corrected chi connectivity index (χ3v) is 6.30. The maximum Gasteiger partial charge on any atom is 0.256 e. The van der Waals surface area contributed by atoms with Crippen LogP contribution in [0.15, 0.2) is 39.3 Å². The van der Waals surface area contributed by atoms with Gasteiger partial charge >= 0.3 is 0 Å². The number of anilines is 1. The van der Waals surface area contributed by atoms with Crippen LogP contribution < -0.4 is 5.32 Å². The Labute approximate surface area is 162 Å². The number of nitrogens with one attached hydrogen (secondary N) is 1. The lowest BCUT2D eigenvalue weighted by Gasteiger charge is -2.06. The topological polar surface area (TPSA) is 46.2 Å². The lowest BCUT2D eigenvalue weighted by Crippen LogP contribution is -2.03. The third-order valence-electron chi connectivity index (χ3n) is 4.65. The molecule has 0 radical (unpaired) electrons. The number of amides is 1. The summed E-state index contributed by atoms with van der Waals surface area (Å²) in [5.41, 5.74) is 4.85. The van der Waals surface area contributed by atoms with Crippen molar-refractivity contribution < 1.29 is 9.59 Å². The number of benzene rings is 2. The Bertz CT molecular complexity index is 935. The molecule has 2 aromatic rings. The highest BCUT2D eigenvalue weighted by molar-refractivity contribution is 9.11. The molecular weight excluding hydrogens is 446 g/mol. The van der Waals surface area contributed by atoms with E-state index < -0.39 is 0 Å². The molecule has 2 aliphatic rings. The monoisotopic (exact) mass is 459 g/mol. The molecule has 0 bridgehead atoms. The molecule has 0 spiro atoms. The van der Waals surface area contributed by atoms with Crippen molar-refractivity contribution in [3.05, 3.63) is 61.5 Å². The van der Waals surface area contributed by atoms with E-state index in [4.69, 9.17) is 0 Å². The Morgan fingerprint density at radius 2 is 1.84 bits per heavy atom. The fraction of sp³-hybridized carbons (Fsp3) is 0.200. The summed E-state index contributed by atoms with van der Waals surface area (Å²) in [6.07, 6.45) is 3.81. The van der Waals surface area contributed by atoms with Crippen molar-refractivity contribution >= 4 is 60.9 Å². The standard InChI is InChI=1S/C20H15Br2NO2/c1-10-16(21)7-11(8-17(10)22)6-15-14-9-13(19(24)12-2-3-12)4-5-18(14)23-20(15)25/h4-9,12H,2-3H2,1H3,(H,23,25). The van der Waals surface area contributed by atoms with Gasteiger partial charge in [0, 0.05) is 37.3 Å². The molecule has 4 rings (SSSR count). The number of rotatable bonds is 3. The van der Waals surface area contributed by atoms with Crippen molar-refractivity contribution in [2.24, 2.45) is 5.92 Å². The van der Waals surface area contributed by atoms with Crippen molar-refractivity contribution in [3.63, 3.8) is 0 Å². The first kappa shape index (κ1) is 16.7. The van der Waals surface area contributed by atoms with Crippen molar-refractivity contribution in [1.82, 2.24) is 0 Å². The molecule has 0 unspecified atom stereocenters. The van der Waals surface area contributed by atoms with Gasteiger partial charge in [-0.15, -0.1) is 0 Å². The Morgan fingerprint density at radius 3 is 2.48 bits per heavy atom. The van der Waals surface area contributed by atoms with Gasteiger partial charge in [0.25, 0.3) is 5.91 Å². The van der Waals surface area contributed by atoms with Crippen LogP contribution in [0, 0.1) is 12.8 Å². The molecule has 1 heterocycles. The Morgan fingerprint density at radius 1 is 1.16 bits per heavy atom. The minimum atomic E-state index is -0.140. The molecular formula is C20H15Br2NO2. The number of ketones is 1. The van der Waals surface area contributed by atoms with Gasteiger partial charge in [-0.25, -0.2) is 0 Å². The van der Waals surface area contributed by atoms with Crippen LogP contribution in [0.1, 0.15) is 39.9 Å². The quantitative estimate of drug-likeness (QED) is 0.478. The van der Waals surface area contributed by atoms with Crippen LogP contribution in [0.4, 0.5) is 5.69 Å². The normalized spacial score (nSPS) is 17.6. The molecule has 2 aromatic carbocycles. The van der Waals surface area contributed by atoms with Crippen LogP contribution in [-0.4, -0.2) is 11.7 Å². The number of carbonyl (C=O) groups is 2. The fourth-order valence-corrected chi connectivity index (χ4v) is 4.20. The van der Waals surface area contributed by atoms with E-state index in [2.05, 4.69) is 37.2 Å². The summed E-state index contributed by atoms with van der Waals surface area (Å²) < 4.78 is 1.95. The van der Waals surface area contributed by atoms with E-state index >= 15 is 0 Å². The summed E-state index contributed by atoms with van der Waals surface area (Å²) in [5, 5.41) is 2.88. The zero-order chi connectivity index (χ0) is 17.7. The minimum Gasteiger partial charge on any atom is -0.321 e. The van der Waals surface area contributed by atoms with Gasteiger partial charge in [0.2, 0.25) is 0 Å². The van der Waals surface area contributed by atoms with E-state index in [9.17, 15) is 9.59 Å². The number of carbonyl (C=O) groups excluding carboxylic acids is 2. The SMILES string of the molecule is Cc1c(Br)cc(C=C2C(=O)Nc3ccc(C(=O)C4CC4)cc32)cc1Br. The highest BCUT2D eigenvalue weighted by atomic mass is 79.9. The molecule has 5 heteroatoms. The van der Waals surface area contributed by atoms with E-state index in [0.717, 1.165) is 44.2 Å². The average molecular weight is 461 g/mol. The van der Waals surface area contributed by atoms with Crippen LogP contribution in [0.25, 0.3) is 11.6 Å². The van der Waals surface area contributed by atoms with Gasteiger partial charge in [0.1, 0.15) is 0 Å². The molecule has 0 aromatic heterocycles. The Kier molecular flexibility index (Phi) is 4.16. The molecule has 1 fully saturated rings. The van der Waals surface area contributed by atoms with Crippen LogP contribution >= 0.6 is 31.9 Å². The second-order valence-electron chi connectivity index (χ2n) is 6.52. The van der Waals surface area contributed by atoms with Crippen LogP contribution in [0.2, 0.25) is 0 Å². The summed E-state index contributed by atoms with van der Waals surface area (Å²) in [7, 11) is 0. The molecule has 0 atom stereocenters. The van der Waals surface area contributed by atoms with Gasteiger partial charge in [-0.3, -0.25) is 9.59 Å². The lowest BCUT2D eigenvalue weighted by atomic mass is 9.98. The summed E-state index contributed by atoms with van der Waals surface area (Å²) in [6.45, 7) is 2.01. The van der Waals surface area contributed by atoms with E-state index in [0.29, 0.717) is 11.1 Å². The molecule has 1 amide bonds. The third kappa shape index (κ3) is 3.11. The molecule has 1 aliphatic carbocycles. The van der Waals surface area contributed by atoms with Gasteiger partial charge in [0.15, 0.2) is 5.78 Å². The minimum absolute atomic E-state index is 0.140. The smallest absolute Gasteiger partial charge is 0.256 e. The summed E-state index contributed by atoms with van der Waals surface area (Å²) in [6, 6.07) is 9.44. The van der Waals surface area contributed by atoms with Crippen LogP contribution in [0.3, 0.4) is 0 Å². The second-order valence-corrected chi connectivity index (χ2v) is 8.23. The molecule has 1 saturated carbocycles. The zero-order valence-electron chi connectivity index (χ0n) is 13.5. The van der Waals surface area contributed by atoms with Gasteiger partial charge in [-0.1, -0.05) is 31.9 Å². The zero-order valence-corrected chi connectivity index (χ0v) is 16.7. The fourth-order valence-electron chi connectivity index (χ4n) is 2.98. The number of hydrogen-bond donors (Lipinski definition) is 1. The Balaban J connectivity index is 1.78. The largest absolute Gasteiger partial charge is 0.321 e. The van der Waals surface area contributed by atoms with Gasteiger partial charge in [-0.2, -0.15) is 0 Å². The molecule has 0 saturated heterocycles. The highest BCUT2D eigenvalue weighted by Gasteiger charge is 2.32. The first-order chi connectivity index (χ1) is 11.9. The molecule has 1 N–H and O–H groups in total. The number of halogens is 2. The number of Topliss-reactive ketones (excluding diaryl/α,β-unsaturated/α-hetero) is 1. The van der Waals surface area contributed by atoms with Crippen molar-refractivity contribution in [3.8, 4) is 0 Å². The van der Waals surface area contributed by atoms with Gasteiger partial charge in [0.05, 0.1) is 0 Å². The second kappa shape index (κ2) is 6.22. The molecule has 1 aliphatic heterocycles. The van der Waals surface area contributed by atoms with E-state index in [-0.39, 0.29) is 17.6 Å². The number of hydrogen-bond acceptors (Lipinski definition) is 2. The maximum absolute atomic E-state index is 12.4. The predicted octanol–water partition coefficient (Wildman–Crippen LogP) is 5.61. The average Bonchev–Trinajstić information content (AvgIpc) is 3.38. The van der Waals surface area contributed by atoms with Crippen molar-refractivity contribution in [2.45, 2.75) is 19.8 Å². The van der Waals surface area contributed by atoms with Crippen molar-refractivity contribution in [2.75, 3.05) is 5.32 Å². The maximum atomic E-state index is 12.4. The van der Waals surface area contributed by atoms with Gasteiger partial charge < -0.3 is 5.32 Å². The predicted molar refractivity (Wildman–Crippen MR) is 107 cm³/mol. The van der Waals surface area contributed by atoms with E-state index in [1.807, 2.05) is 43.3 Å². The summed E-state index contributed by atoms with van der Waals surface area (Å²) >= 11 is 7.08. The molecule has 25 heavy (non-hydrogen) atoms. The lowest BCUT2D eigenvalue weighted by molar-refractivity contribution is -0.110. The number of fused-ring (bicyclic) bond motifs is 1. The first-order valence-corrected chi connectivity index (χ1v) is 9.70. The van der Waals surface area contributed by atoms with E-state index in [1.54, 1.807) is 0 Å². The first-order valence-electron chi connectivity index (χ1n) is 8.11. The van der Waals surface area contributed by atoms with E-state index in [1.165, 1.54) is 0 Å². The Hall–Kier alpha value is -1.72. The van der Waals surface area contributed by atoms with Crippen LogP contribution in [0.5, 0.6) is 0 Å². The van der Waals surface area contributed by atoms with Crippen molar-refractivity contribution in [1.29, 1.82) is 0 Å². The molecule has 126 valence electrons. The summed E-state index contributed by atoms with van der Waals surface area (Å²) in [5.74, 6) is 0.209.